The molecule has 1 saturated heterocycles. The largest absolute Gasteiger partial charge is 0.353 e. The molecule has 1 aliphatic rings. The van der Waals surface area contributed by atoms with E-state index in [9.17, 15) is 13.2 Å². The molecule has 134 valence electrons. The van der Waals surface area contributed by atoms with Gasteiger partial charge in [0.15, 0.2) is 0 Å². The van der Waals surface area contributed by atoms with Crippen molar-refractivity contribution < 1.29 is 13.2 Å². The van der Waals surface area contributed by atoms with Gasteiger partial charge >= 0.3 is 0 Å². The van der Waals surface area contributed by atoms with Crippen molar-refractivity contribution in [2.45, 2.75) is 51.5 Å². The fourth-order valence-corrected chi connectivity index (χ4v) is 4.20. The van der Waals surface area contributed by atoms with Crippen LogP contribution in [0.4, 0.5) is 0 Å². The SMILES string of the molecule is Cc1ccc(S(=O)(=O)N2CCC(C(=O)N[C@@H](C)C(C)C)CC2)cc1. The molecular weight excluding hydrogens is 324 g/mol. The Kier molecular flexibility index (Phi) is 6.04. The predicted molar refractivity (Wildman–Crippen MR) is 95.1 cm³/mol. The molecule has 0 radical (unpaired) electrons. The lowest BCUT2D eigenvalue weighted by atomic mass is 9.96. The van der Waals surface area contributed by atoms with Gasteiger partial charge in [-0.25, -0.2) is 8.42 Å². The van der Waals surface area contributed by atoms with Gasteiger partial charge in [0.1, 0.15) is 0 Å². The molecule has 1 heterocycles. The molecule has 0 aliphatic carbocycles. The van der Waals surface area contributed by atoms with Gasteiger partial charge < -0.3 is 5.32 Å². The fourth-order valence-electron chi connectivity index (χ4n) is 2.73. The Bertz CT molecular complexity index is 660. The van der Waals surface area contributed by atoms with E-state index in [0.717, 1.165) is 5.56 Å². The summed E-state index contributed by atoms with van der Waals surface area (Å²) in [5, 5.41) is 3.03. The summed E-state index contributed by atoms with van der Waals surface area (Å²) in [6.45, 7) is 8.86. The Hall–Kier alpha value is -1.40. The van der Waals surface area contributed by atoms with Crippen LogP contribution in [0.3, 0.4) is 0 Å². The number of hydrogen-bond acceptors (Lipinski definition) is 3. The molecule has 1 aromatic rings. The van der Waals surface area contributed by atoms with Crippen LogP contribution in [-0.2, 0) is 14.8 Å². The van der Waals surface area contributed by atoms with Crippen LogP contribution in [0.5, 0.6) is 0 Å². The number of aryl methyl sites for hydroxylation is 1. The minimum Gasteiger partial charge on any atom is -0.353 e. The standard InChI is InChI=1S/C18H28N2O3S/c1-13(2)15(4)19-18(21)16-9-11-20(12-10-16)24(22,23)17-7-5-14(3)6-8-17/h5-8,13,15-16H,9-12H2,1-4H3,(H,19,21)/t15-/m0/s1. The molecule has 1 atom stereocenters. The van der Waals surface area contributed by atoms with Gasteiger partial charge in [-0.1, -0.05) is 31.5 Å². The third kappa shape index (κ3) is 4.36. The van der Waals surface area contributed by atoms with Crippen LogP contribution in [0.2, 0.25) is 0 Å². The summed E-state index contributed by atoms with van der Waals surface area (Å²) in [7, 11) is -3.46. The topological polar surface area (TPSA) is 66.5 Å². The first kappa shape index (κ1) is 18.9. The smallest absolute Gasteiger partial charge is 0.243 e. The Balaban J connectivity index is 1.97. The third-order valence-corrected chi connectivity index (χ3v) is 6.77. The number of rotatable bonds is 5. The van der Waals surface area contributed by atoms with Crippen LogP contribution in [0, 0.1) is 18.8 Å². The second-order valence-electron chi connectivity index (χ2n) is 7.03. The van der Waals surface area contributed by atoms with E-state index in [-0.39, 0.29) is 17.9 Å². The zero-order valence-corrected chi connectivity index (χ0v) is 15.8. The van der Waals surface area contributed by atoms with Gasteiger partial charge in [-0.05, 0) is 44.7 Å². The summed E-state index contributed by atoms with van der Waals surface area (Å²) in [4.78, 5) is 12.6. The van der Waals surface area contributed by atoms with Gasteiger partial charge in [0.25, 0.3) is 0 Å². The number of carbonyl (C=O) groups is 1. The second kappa shape index (κ2) is 7.66. The van der Waals surface area contributed by atoms with Crippen LogP contribution in [0.1, 0.15) is 39.2 Å². The third-order valence-electron chi connectivity index (χ3n) is 4.85. The molecule has 1 aliphatic heterocycles. The van der Waals surface area contributed by atoms with Gasteiger partial charge in [0, 0.05) is 25.0 Å². The summed E-state index contributed by atoms with van der Waals surface area (Å²) < 4.78 is 26.8. The van der Waals surface area contributed by atoms with E-state index >= 15 is 0 Å². The quantitative estimate of drug-likeness (QED) is 0.886. The zero-order valence-electron chi connectivity index (χ0n) is 15.0. The van der Waals surface area contributed by atoms with Crippen LogP contribution < -0.4 is 5.32 Å². The highest BCUT2D eigenvalue weighted by Gasteiger charge is 2.32. The van der Waals surface area contributed by atoms with Crippen molar-refractivity contribution in [3.8, 4) is 0 Å². The van der Waals surface area contributed by atoms with E-state index in [0.29, 0.717) is 36.7 Å². The van der Waals surface area contributed by atoms with E-state index in [1.807, 2.05) is 13.8 Å². The maximum Gasteiger partial charge on any atom is 0.243 e. The average molecular weight is 353 g/mol. The van der Waals surface area contributed by atoms with Crippen LogP contribution in [-0.4, -0.2) is 37.8 Å². The highest BCUT2D eigenvalue weighted by atomic mass is 32.2. The molecule has 1 amide bonds. The molecule has 6 heteroatoms. The van der Waals surface area contributed by atoms with Gasteiger partial charge in [-0.2, -0.15) is 4.31 Å². The lowest BCUT2D eigenvalue weighted by Crippen LogP contribution is -2.45. The molecule has 0 saturated carbocycles. The molecule has 1 aromatic carbocycles. The molecule has 0 spiro atoms. The van der Waals surface area contributed by atoms with Crippen molar-refractivity contribution >= 4 is 15.9 Å². The number of piperidine rings is 1. The highest BCUT2D eigenvalue weighted by molar-refractivity contribution is 7.89. The minimum absolute atomic E-state index is 0.0450. The summed E-state index contributed by atoms with van der Waals surface area (Å²) >= 11 is 0. The van der Waals surface area contributed by atoms with Crippen molar-refractivity contribution in [3.63, 3.8) is 0 Å². The van der Waals surface area contributed by atoms with Crippen molar-refractivity contribution in [3.05, 3.63) is 29.8 Å². The molecule has 0 aromatic heterocycles. The first-order chi connectivity index (χ1) is 11.2. The summed E-state index contributed by atoms with van der Waals surface area (Å²) in [5.74, 6) is 0.329. The molecule has 1 N–H and O–H groups in total. The first-order valence-corrected chi connectivity index (χ1v) is 10.0. The normalized spacial score (nSPS) is 18.5. The molecular formula is C18H28N2O3S. The first-order valence-electron chi connectivity index (χ1n) is 8.59. The fraction of sp³-hybridized carbons (Fsp3) is 0.611. The van der Waals surface area contributed by atoms with Crippen molar-refractivity contribution in [1.82, 2.24) is 9.62 Å². The summed E-state index contributed by atoms with van der Waals surface area (Å²) in [6.07, 6.45) is 1.14. The lowest BCUT2D eigenvalue weighted by Gasteiger charge is -2.31. The number of nitrogens with zero attached hydrogens (tertiary/aromatic N) is 1. The van der Waals surface area contributed by atoms with Gasteiger partial charge in [-0.3, -0.25) is 4.79 Å². The molecule has 2 rings (SSSR count). The maximum absolute atomic E-state index is 12.7. The van der Waals surface area contributed by atoms with Crippen LogP contribution in [0.15, 0.2) is 29.2 Å². The Morgan fingerprint density at radius 3 is 2.17 bits per heavy atom. The molecule has 0 bridgehead atoms. The Morgan fingerprint density at radius 2 is 1.67 bits per heavy atom. The van der Waals surface area contributed by atoms with E-state index < -0.39 is 10.0 Å². The maximum atomic E-state index is 12.7. The molecule has 0 unspecified atom stereocenters. The Labute approximate surface area is 145 Å². The number of hydrogen-bond donors (Lipinski definition) is 1. The van der Waals surface area contributed by atoms with Crippen molar-refractivity contribution in [2.75, 3.05) is 13.1 Å². The molecule has 1 fully saturated rings. The van der Waals surface area contributed by atoms with E-state index in [2.05, 4.69) is 19.2 Å². The average Bonchev–Trinajstić information content (AvgIpc) is 2.55. The van der Waals surface area contributed by atoms with Crippen LogP contribution >= 0.6 is 0 Å². The van der Waals surface area contributed by atoms with E-state index in [1.54, 1.807) is 24.3 Å². The minimum atomic E-state index is -3.46. The van der Waals surface area contributed by atoms with Gasteiger partial charge in [0.05, 0.1) is 4.90 Å². The Morgan fingerprint density at radius 1 is 1.12 bits per heavy atom. The number of amides is 1. The van der Waals surface area contributed by atoms with Crippen LogP contribution in [0.25, 0.3) is 0 Å². The van der Waals surface area contributed by atoms with E-state index in [4.69, 9.17) is 0 Å². The highest BCUT2D eigenvalue weighted by Crippen LogP contribution is 2.24. The number of carbonyl (C=O) groups excluding carboxylic acids is 1. The number of benzene rings is 1. The number of nitrogens with one attached hydrogen (secondary N) is 1. The van der Waals surface area contributed by atoms with Gasteiger partial charge in [0.2, 0.25) is 15.9 Å². The summed E-state index contributed by atoms with van der Waals surface area (Å²) in [6, 6.07) is 7.04. The molecule has 5 nitrogen and oxygen atoms in total. The lowest BCUT2D eigenvalue weighted by molar-refractivity contribution is -0.127. The molecule has 24 heavy (non-hydrogen) atoms. The van der Waals surface area contributed by atoms with Crippen molar-refractivity contribution in [1.29, 1.82) is 0 Å². The zero-order chi connectivity index (χ0) is 17.9. The monoisotopic (exact) mass is 352 g/mol. The van der Waals surface area contributed by atoms with Gasteiger partial charge in [-0.15, -0.1) is 0 Å². The second-order valence-corrected chi connectivity index (χ2v) is 8.97. The predicted octanol–water partition coefficient (Wildman–Crippen LogP) is 2.56. The van der Waals surface area contributed by atoms with E-state index in [1.165, 1.54) is 4.31 Å². The summed E-state index contributed by atoms with van der Waals surface area (Å²) in [5.41, 5.74) is 1.03. The number of sulfonamides is 1. The van der Waals surface area contributed by atoms with Crippen molar-refractivity contribution in [2.24, 2.45) is 11.8 Å².